The van der Waals surface area contributed by atoms with E-state index in [-0.39, 0.29) is 11.5 Å². The summed E-state index contributed by atoms with van der Waals surface area (Å²) >= 11 is 0. The molecule has 28 heavy (non-hydrogen) atoms. The van der Waals surface area contributed by atoms with Crippen LogP contribution in [0.5, 0.6) is 11.5 Å². The predicted octanol–water partition coefficient (Wildman–Crippen LogP) is 2.49. The second-order valence-corrected chi connectivity index (χ2v) is 7.72. The number of methoxy groups -OCH3 is 1. The standard InChI is InChI=1S/C19H22N2O6S/c1-4-26-17-9-8-14(10-18(17)25-2)12-20-27-13-19(22)21-15-6-5-7-16(11-15)28(3,23)24/h5-12H,4,13H2,1-3H3,(H,21,22)/b20-12-. The van der Waals surface area contributed by atoms with Gasteiger partial charge in [-0.3, -0.25) is 4.79 Å². The van der Waals surface area contributed by atoms with Crippen LogP contribution >= 0.6 is 0 Å². The normalized spacial score (nSPS) is 11.2. The first kappa shape index (κ1) is 21.2. The number of carbonyl (C=O) groups is 1. The lowest BCUT2D eigenvalue weighted by Gasteiger charge is -2.09. The topological polar surface area (TPSA) is 103 Å². The number of nitrogens with one attached hydrogen (secondary N) is 1. The summed E-state index contributed by atoms with van der Waals surface area (Å²) < 4.78 is 33.8. The minimum atomic E-state index is -3.35. The van der Waals surface area contributed by atoms with Crippen LogP contribution in [-0.2, 0) is 19.5 Å². The molecular formula is C19H22N2O6S. The maximum Gasteiger partial charge on any atom is 0.265 e. The first-order chi connectivity index (χ1) is 13.3. The molecule has 0 spiro atoms. The van der Waals surface area contributed by atoms with Crippen LogP contribution in [0.15, 0.2) is 52.5 Å². The number of oxime groups is 1. The molecule has 0 saturated carbocycles. The third kappa shape index (κ3) is 6.27. The number of nitrogens with zero attached hydrogens (tertiary/aromatic N) is 1. The molecule has 0 saturated heterocycles. The number of amides is 1. The second-order valence-electron chi connectivity index (χ2n) is 5.70. The van der Waals surface area contributed by atoms with Gasteiger partial charge in [-0.15, -0.1) is 0 Å². The van der Waals surface area contributed by atoms with E-state index in [2.05, 4.69) is 10.5 Å². The van der Waals surface area contributed by atoms with E-state index >= 15 is 0 Å². The smallest absolute Gasteiger partial charge is 0.265 e. The molecule has 1 amide bonds. The van der Waals surface area contributed by atoms with Gasteiger partial charge in [-0.25, -0.2) is 8.42 Å². The average molecular weight is 406 g/mol. The molecule has 0 aliphatic rings. The Balaban J connectivity index is 1.90. The summed E-state index contributed by atoms with van der Waals surface area (Å²) in [6.07, 6.45) is 2.54. The summed E-state index contributed by atoms with van der Waals surface area (Å²) in [5, 5.41) is 6.31. The molecule has 0 atom stereocenters. The van der Waals surface area contributed by atoms with Gasteiger partial charge in [0.25, 0.3) is 5.91 Å². The van der Waals surface area contributed by atoms with Gasteiger partial charge >= 0.3 is 0 Å². The lowest BCUT2D eigenvalue weighted by molar-refractivity contribution is -0.120. The van der Waals surface area contributed by atoms with E-state index in [1.54, 1.807) is 37.4 Å². The molecule has 0 aliphatic heterocycles. The summed E-state index contributed by atoms with van der Waals surface area (Å²) in [5.41, 5.74) is 1.07. The lowest BCUT2D eigenvalue weighted by atomic mass is 10.2. The molecular weight excluding hydrogens is 384 g/mol. The summed E-state index contributed by atoms with van der Waals surface area (Å²) in [5.74, 6) is 0.722. The van der Waals surface area contributed by atoms with Crippen LogP contribution in [0.1, 0.15) is 12.5 Å². The molecule has 0 aliphatic carbocycles. The molecule has 2 rings (SSSR count). The van der Waals surface area contributed by atoms with Crippen molar-refractivity contribution in [1.29, 1.82) is 0 Å². The predicted molar refractivity (Wildman–Crippen MR) is 106 cm³/mol. The Labute approximate surface area is 164 Å². The minimum Gasteiger partial charge on any atom is -0.493 e. The quantitative estimate of drug-likeness (QED) is 0.507. The zero-order chi connectivity index (χ0) is 20.6. The molecule has 150 valence electrons. The highest BCUT2D eigenvalue weighted by molar-refractivity contribution is 7.90. The van der Waals surface area contributed by atoms with E-state index in [0.29, 0.717) is 29.4 Å². The van der Waals surface area contributed by atoms with Crippen LogP contribution in [0, 0.1) is 0 Å². The van der Waals surface area contributed by atoms with Crippen LogP contribution in [0.2, 0.25) is 0 Å². The Morgan fingerprint density at radius 2 is 1.96 bits per heavy atom. The zero-order valence-corrected chi connectivity index (χ0v) is 16.7. The molecule has 1 N–H and O–H groups in total. The summed E-state index contributed by atoms with van der Waals surface area (Å²) in [6.45, 7) is 2.08. The first-order valence-corrected chi connectivity index (χ1v) is 10.3. The van der Waals surface area contributed by atoms with Crippen molar-refractivity contribution in [2.75, 3.05) is 31.9 Å². The van der Waals surface area contributed by atoms with E-state index in [0.717, 1.165) is 6.26 Å². The van der Waals surface area contributed by atoms with Crippen molar-refractivity contribution in [2.24, 2.45) is 5.16 Å². The van der Waals surface area contributed by atoms with Gasteiger partial charge in [0, 0.05) is 17.5 Å². The van der Waals surface area contributed by atoms with Crippen LogP contribution in [-0.4, -0.2) is 47.1 Å². The Morgan fingerprint density at radius 1 is 1.18 bits per heavy atom. The first-order valence-electron chi connectivity index (χ1n) is 8.39. The summed E-state index contributed by atoms with van der Waals surface area (Å²) in [6, 6.07) is 11.2. The molecule has 0 heterocycles. The Hall–Kier alpha value is -3.07. The Bertz CT molecular complexity index is 957. The van der Waals surface area contributed by atoms with Gasteiger partial charge in [-0.05, 0) is 43.3 Å². The van der Waals surface area contributed by atoms with Gasteiger partial charge in [-0.2, -0.15) is 0 Å². The Kier molecular flexibility index (Phi) is 7.39. The molecule has 0 bridgehead atoms. The third-order valence-corrected chi connectivity index (χ3v) is 4.62. The van der Waals surface area contributed by atoms with Gasteiger partial charge in [0.15, 0.2) is 27.9 Å². The number of ether oxygens (including phenoxy) is 2. The van der Waals surface area contributed by atoms with Crippen LogP contribution in [0.3, 0.4) is 0 Å². The fourth-order valence-electron chi connectivity index (χ4n) is 2.23. The number of hydrogen-bond donors (Lipinski definition) is 1. The van der Waals surface area contributed by atoms with Gasteiger partial charge in [0.1, 0.15) is 0 Å². The van der Waals surface area contributed by atoms with Crippen LogP contribution < -0.4 is 14.8 Å². The van der Waals surface area contributed by atoms with E-state index < -0.39 is 15.7 Å². The van der Waals surface area contributed by atoms with Crippen molar-refractivity contribution in [3.63, 3.8) is 0 Å². The van der Waals surface area contributed by atoms with E-state index in [1.807, 2.05) is 6.92 Å². The van der Waals surface area contributed by atoms with Crippen molar-refractivity contribution < 1.29 is 27.5 Å². The van der Waals surface area contributed by atoms with Gasteiger partial charge in [-0.1, -0.05) is 11.2 Å². The molecule has 0 fully saturated rings. The second kappa shape index (κ2) is 9.75. The molecule has 0 aromatic heterocycles. The molecule has 0 unspecified atom stereocenters. The van der Waals surface area contributed by atoms with Crippen LogP contribution in [0.25, 0.3) is 0 Å². The number of carbonyl (C=O) groups excluding carboxylic acids is 1. The molecule has 9 heteroatoms. The lowest BCUT2D eigenvalue weighted by Crippen LogP contribution is -2.17. The summed E-state index contributed by atoms with van der Waals surface area (Å²) in [7, 11) is -1.81. The SMILES string of the molecule is CCOc1ccc(/C=N\OCC(=O)Nc2cccc(S(C)(=O)=O)c2)cc1OC. The van der Waals surface area contributed by atoms with Gasteiger partial charge < -0.3 is 19.6 Å². The maximum atomic E-state index is 11.9. The Morgan fingerprint density at radius 3 is 2.64 bits per heavy atom. The van der Waals surface area contributed by atoms with Gasteiger partial charge in [0.2, 0.25) is 0 Å². The van der Waals surface area contributed by atoms with E-state index in [4.69, 9.17) is 14.3 Å². The molecule has 2 aromatic rings. The fraction of sp³-hybridized carbons (Fsp3) is 0.263. The average Bonchev–Trinajstić information content (AvgIpc) is 2.66. The van der Waals surface area contributed by atoms with Crippen molar-refractivity contribution in [3.05, 3.63) is 48.0 Å². The number of benzene rings is 2. The number of hydrogen-bond acceptors (Lipinski definition) is 7. The van der Waals surface area contributed by atoms with E-state index in [9.17, 15) is 13.2 Å². The fourth-order valence-corrected chi connectivity index (χ4v) is 2.90. The minimum absolute atomic E-state index is 0.119. The van der Waals surface area contributed by atoms with Crippen LogP contribution in [0.4, 0.5) is 5.69 Å². The highest BCUT2D eigenvalue weighted by Gasteiger charge is 2.09. The van der Waals surface area contributed by atoms with Gasteiger partial charge in [0.05, 0.1) is 24.8 Å². The molecule has 0 radical (unpaired) electrons. The number of anilines is 1. The highest BCUT2D eigenvalue weighted by Crippen LogP contribution is 2.27. The van der Waals surface area contributed by atoms with Crippen molar-refractivity contribution in [3.8, 4) is 11.5 Å². The van der Waals surface area contributed by atoms with Crippen molar-refractivity contribution in [1.82, 2.24) is 0 Å². The molecule has 8 nitrogen and oxygen atoms in total. The number of sulfone groups is 1. The molecule has 2 aromatic carbocycles. The summed E-state index contributed by atoms with van der Waals surface area (Å²) in [4.78, 5) is 17.0. The van der Waals surface area contributed by atoms with E-state index in [1.165, 1.54) is 18.3 Å². The van der Waals surface area contributed by atoms with Crippen molar-refractivity contribution >= 4 is 27.6 Å². The largest absolute Gasteiger partial charge is 0.493 e. The third-order valence-electron chi connectivity index (χ3n) is 3.51. The highest BCUT2D eigenvalue weighted by atomic mass is 32.2. The zero-order valence-electron chi connectivity index (χ0n) is 15.8. The monoisotopic (exact) mass is 406 g/mol. The maximum absolute atomic E-state index is 11.9. The number of rotatable bonds is 9. The van der Waals surface area contributed by atoms with Crippen molar-refractivity contribution in [2.45, 2.75) is 11.8 Å².